The lowest BCUT2D eigenvalue weighted by Crippen LogP contribution is -2.39. The predicted octanol–water partition coefficient (Wildman–Crippen LogP) is 1.55. The summed E-state index contributed by atoms with van der Waals surface area (Å²) >= 11 is 0. The number of rotatable bonds is 5. The van der Waals surface area contributed by atoms with Crippen LogP contribution in [0.5, 0.6) is 0 Å². The van der Waals surface area contributed by atoms with Crippen molar-refractivity contribution in [2.75, 3.05) is 32.8 Å². The summed E-state index contributed by atoms with van der Waals surface area (Å²) in [5.41, 5.74) is 1.02. The van der Waals surface area contributed by atoms with Crippen LogP contribution in [0.4, 0.5) is 0 Å². The Kier molecular flexibility index (Phi) is 3.76. The van der Waals surface area contributed by atoms with Gasteiger partial charge in [-0.1, -0.05) is 0 Å². The van der Waals surface area contributed by atoms with Crippen molar-refractivity contribution in [3.8, 4) is 0 Å². The Morgan fingerprint density at radius 2 is 1.77 bits per heavy atom. The van der Waals surface area contributed by atoms with E-state index in [1.165, 1.54) is 12.8 Å². The van der Waals surface area contributed by atoms with Crippen molar-refractivity contribution in [1.29, 1.82) is 0 Å². The van der Waals surface area contributed by atoms with Gasteiger partial charge >= 0.3 is 0 Å². The minimum atomic E-state index is 0.149. The minimum absolute atomic E-state index is 0.149. The third kappa shape index (κ3) is 2.83. The third-order valence-electron chi connectivity index (χ3n) is 4.80. The molecule has 5 heteroatoms. The Morgan fingerprint density at radius 3 is 2.50 bits per heavy atom. The molecule has 1 aliphatic heterocycles. The van der Waals surface area contributed by atoms with Crippen LogP contribution in [0.2, 0.25) is 0 Å². The molecule has 1 saturated carbocycles. The Hall–Kier alpha value is -1.59. The van der Waals surface area contributed by atoms with E-state index in [1.807, 2.05) is 10.8 Å². The molecule has 2 aliphatic rings. The van der Waals surface area contributed by atoms with E-state index in [0.29, 0.717) is 0 Å². The van der Waals surface area contributed by atoms with E-state index in [2.05, 4.69) is 27.8 Å². The molecule has 0 atom stereocenters. The van der Waals surface area contributed by atoms with E-state index in [4.69, 9.17) is 4.74 Å². The van der Waals surface area contributed by atoms with Crippen molar-refractivity contribution in [3.63, 3.8) is 0 Å². The van der Waals surface area contributed by atoms with Gasteiger partial charge < -0.3 is 13.9 Å². The number of ether oxygens (including phenoxy) is 1. The van der Waals surface area contributed by atoms with E-state index < -0.39 is 0 Å². The second-order valence-corrected chi connectivity index (χ2v) is 6.48. The number of fused-ring (bicyclic) bond motifs is 1. The molecule has 5 nitrogen and oxygen atoms in total. The third-order valence-corrected chi connectivity index (χ3v) is 4.80. The van der Waals surface area contributed by atoms with Gasteiger partial charge in [0.05, 0.1) is 13.2 Å². The van der Waals surface area contributed by atoms with Crippen molar-refractivity contribution in [2.45, 2.75) is 25.9 Å². The van der Waals surface area contributed by atoms with Gasteiger partial charge in [-0.25, -0.2) is 0 Å². The zero-order valence-corrected chi connectivity index (χ0v) is 12.9. The van der Waals surface area contributed by atoms with E-state index >= 15 is 0 Å². The van der Waals surface area contributed by atoms with Gasteiger partial charge in [0, 0.05) is 50.5 Å². The largest absolute Gasteiger partial charge is 0.379 e. The monoisotopic (exact) mass is 301 g/mol. The summed E-state index contributed by atoms with van der Waals surface area (Å²) in [4.78, 5) is 15.1. The van der Waals surface area contributed by atoms with Crippen LogP contribution in [0.25, 0.3) is 10.9 Å². The normalized spacial score (nSPS) is 19.8. The highest BCUT2D eigenvalue weighted by atomic mass is 16.5. The summed E-state index contributed by atoms with van der Waals surface area (Å²) in [5.74, 6) is 0.775. The maximum atomic E-state index is 12.8. The van der Waals surface area contributed by atoms with Crippen LogP contribution in [-0.4, -0.2) is 46.9 Å². The summed E-state index contributed by atoms with van der Waals surface area (Å²) in [5, 5.41) is 1.06. The highest BCUT2D eigenvalue weighted by Gasteiger charge is 2.22. The molecule has 0 aromatic carbocycles. The van der Waals surface area contributed by atoms with Gasteiger partial charge in [0.2, 0.25) is 0 Å². The SMILES string of the molecule is O=c1c2c(ccn1CCN1CCOCC1)ccn2CC1CC1. The number of morpholine rings is 1. The Balaban J connectivity index is 1.55. The number of hydrogen-bond donors (Lipinski definition) is 0. The number of pyridine rings is 1. The van der Waals surface area contributed by atoms with Crippen LogP contribution >= 0.6 is 0 Å². The van der Waals surface area contributed by atoms with Gasteiger partial charge in [-0.2, -0.15) is 0 Å². The lowest BCUT2D eigenvalue weighted by atomic mass is 10.3. The predicted molar refractivity (Wildman–Crippen MR) is 86.2 cm³/mol. The first-order valence-corrected chi connectivity index (χ1v) is 8.29. The van der Waals surface area contributed by atoms with Crippen LogP contribution in [0, 0.1) is 5.92 Å². The van der Waals surface area contributed by atoms with Crippen LogP contribution < -0.4 is 5.56 Å². The summed E-state index contributed by atoms with van der Waals surface area (Å²) in [6, 6.07) is 4.13. The second-order valence-electron chi connectivity index (χ2n) is 6.48. The second kappa shape index (κ2) is 5.89. The fourth-order valence-electron chi connectivity index (χ4n) is 3.23. The van der Waals surface area contributed by atoms with Crippen molar-refractivity contribution in [2.24, 2.45) is 5.92 Å². The Labute approximate surface area is 130 Å². The molecule has 0 amide bonds. The molecule has 2 aromatic rings. The fraction of sp³-hybridized carbons (Fsp3) is 0.588. The van der Waals surface area contributed by atoms with Crippen LogP contribution in [0.15, 0.2) is 29.3 Å². The van der Waals surface area contributed by atoms with Crippen molar-refractivity contribution in [1.82, 2.24) is 14.0 Å². The van der Waals surface area contributed by atoms with Gasteiger partial charge in [0.15, 0.2) is 0 Å². The summed E-state index contributed by atoms with van der Waals surface area (Å²) < 4.78 is 9.38. The van der Waals surface area contributed by atoms with E-state index in [0.717, 1.165) is 62.8 Å². The molecule has 3 heterocycles. The van der Waals surface area contributed by atoms with E-state index in [-0.39, 0.29) is 5.56 Å². The van der Waals surface area contributed by atoms with Gasteiger partial charge in [0.25, 0.3) is 5.56 Å². The molecule has 118 valence electrons. The molecule has 0 bridgehead atoms. The van der Waals surface area contributed by atoms with E-state index in [1.54, 1.807) is 0 Å². The molecular formula is C17H23N3O2. The average molecular weight is 301 g/mol. The van der Waals surface area contributed by atoms with Crippen LogP contribution in [-0.2, 0) is 17.8 Å². The van der Waals surface area contributed by atoms with Crippen molar-refractivity contribution in [3.05, 3.63) is 34.9 Å². The highest BCUT2D eigenvalue weighted by molar-refractivity contribution is 5.78. The quantitative estimate of drug-likeness (QED) is 0.841. The average Bonchev–Trinajstić information content (AvgIpc) is 3.26. The molecular weight excluding hydrogens is 278 g/mol. The maximum Gasteiger partial charge on any atom is 0.275 e. The fourth-order valence-corrected chi connectivity index (χ4v) is 3.23. The van der Waals surface area contributed by atoms with E-state index in [9.17, 15) is 4.79 Å². The number of nitrogens with zero attached hydrogens (tertiary/aromatic N) is 3. The first-order chi connectivity index (χ1) is 10.8. The number of aromatic nitrogens is 2. The van der Waals surface area contributed by atoms with Crippen LogP contribution in [0.1, 0.15) is 12.8 Å². The highest BCUT2D eigenvalue weighted by Crippen LogP contribution is 2.31. The standard InChI is InChI=1S/C17H23N3O2/c21-17-16-15(4-6-20(16)13-14-1-2-14)3-5-19(17)8-7-18-9-11-22-12-10-18/h3-6,14H,1-2,7-13H2. The molecule has 2 fully saturated rings. The lowest BCUT2D eigenvalue weighted by molar-refractivity contribution is 0.0363. The molecule has 22 heavy (non-hydrogen) atoms. The van der Waals surface area contributed by atoms with Crippen molar-refractivity contribution < 1.29 is 4.74 Å². The summed E-state index contributed by atoms with van der Waals surface area (Å²) in [7, 11) is 0. The Bertz CT molecular complexity index is 708. The summed E-state index contributed by atoms with van der Waals surface area (Å²) in [6.07, 6.45) is 6.61. The molecule has 0 radical (unpaired) electrons. The first kappa shape index (κ1) is 14.0. The number of hydrogen-bond acceptors (Lipinski definition) is 3. The maximum absolute atomic E-state index is 12.8. The summed E-state index contributed by atoms with van der Waals surface area (Å²) in [6.45, 7) is 6.20. The topological polar surface area (TPSA) is 39.4 Å². The van der Waals surface area contributed by atoms with Gasteiger partial charge in [-0.05, 0) is 30.9 Å². The molecule has 0 N–H and O–H groups in total. The smallest absolute Gasteiger partial charge is 0.275 e. The zero-order valence-electron chi connectivity index (χ0n) is 12.9. The molecule has 0 spiro atoms. The zero-order chi connectivity index (χ0) is 14.9. The minimum Gasteiger partial charge on any atom is -0.379 e. The van der Waals surface area contributed by atoms with Crippen molar-refractivity contribution >= 4 is 10.9 Å². The molecule has 2 aromatic heterocycles. The first-order valence-electron chi connectivity index (χ1n) is 8.29. The van der Waals surface area contributed by atoms with Gasteiger partial charge in [0.1, 0.15) is 5.52 Å². The molecule has 4 rings (SSSR count). The molecule has 1 saturated heterocycles. The molecule has 1 aliphatic carbocycles. The Morgan fingerprint density at radius 1 is 1.05 bits per heavy atom. The van der Waals surface area contributed by atoms with Gasteiger partial charge in [-0.3, -0.25) is 9.69 Å². The lowest BCUT2D eigenvalue weighted by Gasteiger charge is -2.26. The van der Waals surface area contributed by atoms with Crippen LogP contribution in [0.3, 0.4) is 0 Å². The van der Waals surface area contributed by atoms with Gasteiger partial charge in [-0.15, -0.1) is 0 Å². The molecule has 0 unspecified atom stereocenters.